The van der Waals surface area contributed by atoms with Gasteiger partial charge >= 0.3 is 0 Å². The molecule has 2 rings (SSSR count). The first-order chi connectivity index (χ1) is 6.33. The minimum Gasteiger partial charge on any atom is -0.328 e. The molecule has 0 aliphatic rings. The van der Waals surface area contributed by atoms with Gasteiger partial charge in [0, 0.05) is 6.20 Å². The van der Waals surface area contributed by atoms with Crippen molar-refractivity contribution >= 4 is 10.9 Å². The normalized spacial score (nSPS) is 10.8. The van der Waals surface area contributed by atoms with Gasteiger partial charge in [-0.15, -0.1) is 0 Å². The van der Waals surface area contributed by atoms with E-state index in [1.54, 1.807) is 12.4 Å². The zero-order chi connectivity index (χ0) is 9.26. The summed E-state index contributed by atoms with van der Waals surface area (Å²) in [6.45, 7) is 2.10. The molecule has 0 fully saturated rings. The summed E-state index contributed by atoms with van der Waals surface area (Å²) in [5.74, 6) is 0. The predicted molar refractivity (Wildman–Crippen MR) is 50.7 cm³/mol. The van der Waals surface area contributed by atoms with Crippen molar-refractivity contribution in [3.63, 3.8) is 0 Å². The Hall–Kier alpha value is -1.58. The van der Waals surface area contributed by atoms with Gasteiger partial charge in [-0.05, 0) is 12.0 Å². The van der Waals surface area contributed by atoms with Gasteiger partial charge in [-0.3, -0.25) is 9.89 Å². The molecule has 0 atom stereocenters. The van der Waals surface area contributed by atoms with E-state index in [2.05, 4.69) is 22.1 Å². The molecule has 0 saturated carbocycles. The molecule has 0 aliphatic heterocycles. The highest BCUT2D eigenvalue weighted by molar-refractivity contribution is 5.79. The van der Waals surface area contributed by atoms with Crippen LogP contribution in [0.3, 0.4) is 0 Å². The summed E-state index contributed by atoms with van der Waals surface area (Å²) in [4.78, 5) is 14.0. The van der Waals surface area contributed by atoms with Crippen LogP contribution in [0.4, 0.5) is 0 Å². The molecule has 0 aliphatic carbocycles. The van der Waals surface area contributed by atoms with Crippen LogP contribution in [0.15, 0.2) is 17.2 Å². The van der Waals surface area contributed by atoms with Gasteiger partial charge in [0.05, 0.1) is 17.1 Å². The highest BCUT2D eigenvalue weighted by Gasteiger charge is 2.04. The highest BCUT2D eigenvalue weighted by Crippen LogP contribution is 2.11. The summed E-state index contributed by atoms with van der Waals surface area (Å²) in [7, 11) is 0. The predicted octanol–water partition coefficient (Wildman–Crippen LogP) is 1.20. The SMILES string of the molecule is CCCc1c[nH]c(=O)c2cn[nH]c12. The Balaban J connectivity index is 2.71. The van der Waals surface area contributed by atoms with E-state index in [9.17, 15) is 4.79 Å². The second-order valence-electron chi connectivity index (χ2n) is 3.05. The molecular weight excluding hydrogens is 166 g/mol. The summed E-state index contributed by atoms with van der Waals surface area (Å²) in [5, 5.41) is 7.35. The maximum atomic E-state index is 11.3. The molecule has 0 unspecified atom stereocenters. The van der Waals surface area contributed by atoms with Gasteiger partial charge in [0.15, 0.2) is 0 Å². The third kappa shape index (κ3) is 1.24. The fourth-order valence-electron chi connectivity index (χ4n) is 1.47. The summed E-state index contributed by atoms with van der Waals surface area (Å²) >= 11 is 0. The maximum Gasteiger partial charge on any atom is 0.259 e. The van der Waals surface area contributed by atoms with Crippen molar-refractivity contribution in [2.75, 3.05) is 0 Å². The Kier molecular flexibility index (Phi) is 1.88. The smallest absolute Gasteiger partial charge is 0.259 e. The lowest BCUT2D eigenvalue weighted by Crippen LogP contribution is -2.05. The number of rotatable bonds is 2. The zero-order valence-electron chi connectivity index (χ0n) is 7.42. The molecule has 13 heavy (non-hydrogen) atoms. The number of aryl methyl sites for hydroxylation is 1. The molecule has 0 spiro atoms. The minimum atomic E-state index is -0.0800. The van der Waals surface area contributed by atoms with E-state index in [-0.39, 0.29) is 5.56 Å². The molecule has 2 N–H and O–H groups in total. The molecule has 2 heterocycles. The molecular formula is C9H11N3O. The standard InChI is InChI=1S/C9H11N3O/c1-2-3-6-4-10-9(13)7-5-11-12-8(6)7/h4-5H,2-3H2,1H3,(H,10,13)(H,11,12). The van der Waals surface area contributed by atoms with Crippen molar-refractivity contribution in [1.29, 1.82) is 0 Å². The van der Waals surface area contributed by atoms with Gasteiger partial charge in [-0.2, -0.15) is 5.10 Å². The number of hydrogen-bond acceptors (Lipinski definition) is 2. The first-order valence-electron chi connectivity index (χ1n) is 4.36. The van der Waals surface area contributed by atoms with Crippen molar-refractivity contribution in [2.45, 2.75) is 19.8 Å². The van der Waals surface area contributed by atoms with Crippen molar-refractivity contribution in [3.8, 4) is 0 Å². The van der Waals surface area contributed by atoms with Crippen molar-refractivity contribution < 1.29 is 0 Å². The number of pyridine rings is 1. The average Bonchev–Trinajstić information content (AvgIpc) is 2.59. The average molecular weight is 177 g/mol. The molecule has 0 bridgehead atoms. The van der Waals surface area contributed by atoms with Gasteiger partial charge in [0.1, 0.15) is 0 Å². The lowest BCUT2D eigenvalue weighted by Gasteiger charge is -1.98. The van der Waals surface area contributed by atoms with Gasteiger partial charge in [0.25, 0.3) is 5.56 Å². The van der Waals surface area contributed by atoms with Crippen LogP contribution in [0.5, 0.6) is 0 Å². The summed E-state index contributed by atoms with van der Waals surface area (Å²) in [6, 6.07) is 0. The Labute approximate surface area is 75.0 Å². The van der Waals surface area contributed by atoms with Crippen molar-refractivity contribution in [1.82, 2.24) is 15.2 Å². The second kappa shape index (κ2) is 3.05. The van der Waals surface area contributed by atoms with E-state index in [4.69, 9.17) is 0 Å². The first kappa shape index (κ1) is 8.04. The Morgan fingerprint density at radius 2 is 2.38 bits per heavy atom. The number of nitrogens with one attached hydrogen (secondary N) is 2. The molecule has 0 radical (unpaired) electrons. The number of nitrogens with zero attached hydrogens (tertiary/aromatic N) is 1. The van der Waals surface area contributed by atoms with E-state index in [0.29, 0.717) is 5.39 Å². The fourth-order valence-corrected chi connectivity index (χ4v) is 1.47. The van der Waals surface area contributed by atoms with Crippen LogP contribution >= 0.6 is 0 Å². The Bertz CT molecular complexity index is 469. The summed E-state index contributed by atoms with van der Waals surface area (Å²) in [6.07, 6.45) is 5.33. The second-order valence-corrected chi connectivity index (χ2v) is 3.05. The van der Waals surface area contributed by atoms with Crippen LogP contribution < -0.4 is 5.56 Å². The molecule has 2 aromatic rings. The quantitative estimate of drug-likeness (QED) is 0.724. The van der Waals surface area contributed by atoms with Gasteiger partial charge < -0.3 is 4.98 Å². The largest absolute Gasteiger partial charge is 0.328 e. The van der Waals surface area contributed by atoms with Crippen molar-refractivity contribution in [3.05, 3.63) is 28.3 Å². The molecule has 2 aromatic heterocycles. The number of fused-ring (bicyclic) bond motifs is 1. The van der Waals surface area contributed by atoms with E-state index >= 15 is 0 Å². The van der Waals surface area contributed by atoms with Gasteiger partial charge in [-0.25, -0.2) is 0 Å². The molecule has 68 valence electrons. The Morgan fingerprint density at radius 1 is 1.54 bits per heavy atom. The topological polar surface area (TPSA) is 61.5 Å². The first-order valence-corrected chi connectivity index (χ1v) is 4.36. The van der Waals surface area contributed by atoms with Crippen LogP contribution in [0.2, 0.25) is 0 Å². The van der Waals surface area contributed by atoms with Crippen LogP contribution in [-0.4, -0.2) is 15.2 Å². The van der Waals surface area contributed by atoms with E-state index in [1.807, 2.05) is 0 Å². The molecule has 0 saturated heterocycles. The van der Waals surface area contributed by atoms with Crippen LogP contribution in [0.1, 0.15) is 18.9 Å². The Morgan fingerprint density at radius 3 is 3.15 bits per heavy atom. The van der Waals surface area contributed by atoms with E-state index < -0.39 is 0 Å². The lowest BCUT2D eigenvalue weighted by atomic mass is 10.1. The number of hydrogen-bond donors (Lipinski definition) is 2. The summed E-state index contributed by atoms with van der Waals surface area (Å²) < 4.78 is 0. The van der Waals surface area contributed by atoms with Crippen LogP contribution in [-0.2, 0) is 6.42 Å². The molecule has 4 nitrogen and oxygen atoms in total. The van der Waals surface area contributed by atoms with E-state index in [0.717, 1.165) is 23.9 Å². The third-order valence-corrected chi connectivity index (χ3v) is 2.10. The van der Waals surface area contributed by atoms with Crippen LogP contribution in [0.25, 0.3) is 10.9 Å². The number of aromatic amines is 2. The molecule has 4 heteroatoms. The number of aromatic nitrogens is 3. The van der Waals surface area contributed by atoms with E-state index in [1.165, 1.54) is 0 Å². The van der Waals surface area contributed by atoms with Crippen molar-refractivity contribution in [2.24, 2.45) is 0 Å². The minimum absolute atomic E-state index is 0.0800. The lowest BCUT2D eigenvalue weighted by molar-refractivity contribution is 0.916. The number of H-pyrrole nitrogens is 2. The fraction of sp³-hybridized carbons (Fsp3) is 0.333. The summed E-state index contributed by atoms with van der Waals surface area (Å²) in [5.41, 5.74) is 1.91. The highest BCUT2D eigenvalue weighted by atomic mass is 16.1. The van der Waals surface area contributed by atoms with Crippen LogP contribution in [0, 0.1) is 0 Å². The molecule has 0 amide bonds. The molecule has 0 aromatic carbocycles. The maximum absolute atomic E-state index is 11.3. The van der Waals surface area contributed by atoms with Gasteiger partial charge in [-0.1, -0.05) is 13.3 Å². The zero-order valence-corrected chi connectivity index (χ0v) is 7.42. The third-order valence-electron chi connectivity index (χ3n) is 2.10. The monoisotopic (exact) mass is 177 g/mol. The van der Waals surface area contributed by atoms with Gasteiger partial charge in [0.2, 0.25) is 0 Å².